The van der Waals surface area contributed by atoms with Crippen molar-refractivity contribution in [3.05, 3.63) is 0 Å². The highest BCUT2D eigenvalue weighted by molar-refractivity contribution is 7.84. The number of piperidine rings is 1. The van der Waals surface area contributed by atoms with Crippen LogP contribution < -0.4 is 5.32 Å². The first kappa shape index (κ1) is 17.9. The van der Waals surface area contributed by atoms with Crippen LogP contribution in [0.2, 0.25) is 0 Å². The summed E-state index contributed by atoms with van der Waals surface area (Å²) < 4.78 is 11.1. The second kappa shape index (κ2) is 9.02. The van der Waals surface area contributed by atoms with Gasteiger partial charge in [-0.2, -0.15) is 0 Å². The highest BCUT2D eigenvalue weighted by Crippen LogP contribution is 2.21. The van der Waals surface area contributed by atoms with Crippen LogP contribution in [0.5, 0.6) is 0 Å². The average molecular weight is 318 g/mol. The molecule has 1 rings (SSSR count). The molecule has 21 heavy (non-hydrogen) atoms. The lowest BCUT2D eigenvalue weighted by molar-refractivity contribution is -0.137. The van der Waals surface area contributed by atoms with Crippen molar-refractivity contribution in [3.8, 4) is 0 Å². The molecule has 2 N–H and O–H groups in total. The summed E-state index contributed by atoms with van der Waals surface area (Å²) in [5.74, 6) is -0.246. The third-order valence-corrected chi connectivity index (χ3v) is 4.60. The maximum atomic E-state index is 12.3. The number of rotatable bonds is 7. The summed E-state index contributed by atoms with van der Waals surface area (Å²) >= 11 is 0. The van der Waals surface area contributed by atoms with Gasteiger partial charge >= 0.3 is 12.0 Å². The molecule has 0 aliphatic carbocycles. The molecule has 1 saturated heterocycles. The number of nitrogens with one attached hydrogen (secondary N) is 1. The van der Waals surface area contributed by atoms with Gasteiger partial charge in [0.1, 0.15) is 0 Å². The summed E-state index contributed by atoms with van der Waals surface area (Å²) in [4.78, 5) is 24.8. The molecule has 1 aliphatic heterocycles. The van der Waals surface area contributed by atoms with Gasteiger partial charge in [-0.3, -0.25) is 9.00 Å². The number of amides is 2. The Morgan fingerprint density at radius 1 is 1.43 bits per heavy atom. The van der Waals surface area contributed by atoms with E-state index in [1.807, 2.05) is 6.92 Å². The largest absolute Gasteiger partial charge is 0.481 e. The first-order valence-corrected chi connectivity index (χ1v) is 9.21. The molecular weight excluding hydrogens is 292 g/mol. The van der Waals surface area contributed by atoms with E-state index in [1.54, 1.807) is 11.2 Å². The van der Waals surface area contributed by atoms with Crippen molar-refractivity contribution in [3.63, 3.8) is 0 Å². The Hall–Kier alpha value is -1.11. The highest BCUT2D eigenvalue weighted by atomic mass is 32.2. The standard InChI is InChI=1S/C14H26N2O4S/c1-11(8-10-21(2)20)15-14(19)16-9-4-3-5-12(16)6-7-13(17)18/h11-12H,3-10H2,1-2H3,(H,15,19)(H,17,18). The molecule has 1 fully saturated rings. The predicted octanol–water partition coefficient (Wildman–Crippen LogP) is 1.57. The van der Waals surface area contributed by atoms with Gasteiger partial charge in [0, 0.05) is 47.9 Å². The summed E-state index contributed by atoms with van der Waals surface area (Å²) in [6.45, 7) is 2.59. The van der Waals surface area contributed by atoms with Crippen molar-refractivity contribution in [2.24, 2.45) is 0 Å². The van der Waals surface area contributed by atoms with E-state index in [4.69, 9.17) is 5.11 Å². The minimum absolute atomic E-state index is 0.0161. The topological polar surface area (TPSA) is 86.7 Å². The second-order valence-electron chi connectivity index (χ2n) is 5.69. The van der Waals surface area contributed by atoms with E-state index in [2.05, 4.69) is 5.32 Å². The van der Waals surface area contributed by atoms with Gasteiger partial charge in [0.15, 0.2) is 0 Å². The zero-order valence-electron chi connectivity index (χ0n) is 12.8. The predicted molar refractivity (Wildman–Crippen MR) is 82.8 cm³/mol. The summed E-state index contributed by atoms with van der Waals surface area (Å²) in [6, 6.07) is -0.134. The molecule has 6 nitrogen and oxygen atoms in total. The highest BCUT2D eigenvalue weighted by Gasteiger charge is 2.27. The summed E-state index contributed by atoms with van der Waals surface area (Å²) in [6.07, 6.45) is 5.81. The van der Waals surface area contributed by atoms with E-state index in [9.17, 15) is 13.8 Å². The number of hydrogen-bond donors (Lipinski definition) is 2. The SMILES string of the molecule is CC(CCS(C)=O)NC(=O)N1CCCCC1CCC(=O)O. The number of carboxylic acid groups (broad SMARTS) is 1. The minimum Gasteiger partial charge on any atom is -0.481 e. The number of carboxylic acids is 1. The van der Waals surface area contributed by atoms with E-state index in [0.717, 1.165) is 19.3 Å². The molecule has 2 amide bonds. The lowest BCUT2D eigenvalue weighted by Crippen LogP contribution is -2.51. The van der Waals surface area contributed by atoms with Crippen LogP contribution in [0.4, 0.5) is 4.79 Å². The third-order valence-electron chi connectivity index (χ3n) is 3.79. The Labute approximate surface area is 128 Å². The van der Waals surface area contributed by atoms with Gasteiger partial charge in [-0.15, -0.1) is 0 Å². The van der Waals surface area contributed by atoms with Crippen molar-refractivity contribution in [2.45, 2.75) is 57.5 Å². The van der Waals surface area contributed by atoms with Crippen LogP contribution in [0.25, 0.3) is 0 Å². The van der Waals surface area contributed by atoms with Crippen LogP contribution in [0.15, 0.2) is 0 Å². The lowest BCUT2D eigenvalue weighted by atomic mass is 9.98. The van der Waals surface area contributed by atoms with E-state index in [1.165, 1.54) is 0 Å². The summed E-state index contributed by atoms with van der Waals surface area (Å²) in [7, 11) is -0.851. The van der Waals surface area contributed by atoms with E-state index in [-0.39, 0.29) is 24.5 Å². The van der Waals surface area contributed by atoms with Crippen molar-refractivity contribution in [1.82, 2.24) is 10.2 Å². The van der Waals surface area contributed by atoms with Gasteiger partial charge in [0.05, 0.1) is 0 Å². The number of urea groups is 1. The molecule has 0 saturated carbocycles. The molecule has 7 heteroatoms. The molecule has 1 aliphatic rings. The van der Waals surface area contributed by atoms with Crippen LogP contribution >= 0.6 is 0 Å². The molecule has 0 aromatic rings. The molecule has 0 aromatic heterocycles. The van der Waals surface area contributed by atoms with Gasteiger partial charge in [0.2, 0.25) is 0 Å². The summed E-state index contributed by atoms with van der Waals surface area (Å²) in [5.41, 5.74) is 0. The normalized spacial score (nSPS) is 21.6. The maximum absolute atomic E-state index is 12.3. The molecule has 0 radical (unpaired) electrons. The Bertz CT molecular complexity index is 389. The zero-order valence-corrected chi connectivity index (χ0v) is 13.7. The van der Waals surface area contributed by atoms with Gasteiger partial charge in [-0.1, -0.05) is 0 Å². The monoisotopic (exact) mass is 318 g/mol. The Kier molecular flexibility index (Phi) is 7.71. The van der Waals surface area contributed by atoms with Crippen LogP contribution in [0.1, 0.15) is 45.4 Å². The fourth-order valence-corrected chi connectivity index (χ4v) is 3.25. The van der Waals surface area contributed by atoms with E-state index >= 15 is 0 Å². The fourth-order valence-electron chi connectivity index (χ4n) is 2.57. The van der Waals surface area contributed by atoms with Crippen LogP contribution in [0.3, 0.4) is 0 Å². The van der Waals surface area contributed by atoms with Crippen molar-refractivity contribution < 1.29 is 18.9 Å². The molecule has 3 atom stereocenters. The van der Waals surface area contributed by atoms with Crippen molar-refractivity contribution in [1.29, 1.82) is 0 Å². The molecule has 1 heterocycles. The number of carbonyl (C=O) groups is 2. The van der Waals surface area contributed by atoms with Crippen LogP contribution in [-0.2, 0) is 15.6 Å². The second-order valence-corrected chi connectivity index (χ2v) is 7.25. The number of aliphatic carboxylic acids is 1. The zero-order chi connectivity index (χ0) is 15.8. The molecular formula is C14H26N2O4S. The van der Waals surface area contributed by atoms with Crippen molar-refractivity contribution in [2.75, 3.05) is 18.6 Å². The van der Waals surface area contributed by atoms with Crippen molar-refractivity contribution >= 4 is 22.8 Å². The molecule has 0 spiro atoms. The lowest BCUT2D eigenvalue weighted by Gasteiger charge is -2.36. The average Bonchev–Trinajstić information content (AvgIpc) is 2.43. The van der Waals surface area contributed by atoms with E-state index < -0.39 is 16.8 Å². The van der Waals surface area contributed by atoms with Crippen LogP contribution in [-0.4, -0.2) is 56.9 Å². The molecule has 0 aromatic carbocycles. The third kappa shape index (κ3) is 6.93. The Morgan fingerprint density at radius 3 is 2.76 bits per heavy atom. The molecule has 0 bridgehead atoms. The smallest absolute Gasteiger partial charge is 0.317 e. The number of carbonyl (C=O) groups excluding carboxylic acids is 1. The Balaban J connectivity index is 2.48. The first-order chi connectivity index (χ1) is 9.90. The first-order valence-electron chi connectivity index (χ1n) is 7.49. The molecule has 3 unspecified atom stereocenters. The van der Waals surface area contributed by atoms with Gasteiger partial charge < -0.3 is 15.3 Å². The maximum Gasteiger partial charge on any atom is 0.317 e. The summed E-state index contributed by atoms with van der Waals surface area (Å²) in [5, 5.41) is 11.7. The fraction of sp³-hybridized carbons (Fsp3) is 0.857. The molecule has 122 valence electrons. The number of nitrogens with zero attached hydrogens (tertiary/aromatic N) is 1. The quantitative estimate of drug-likeness (QED) is 0.746. The Morgan fingerprint density at radius 2 is 2.14 bits per heavy atom. The number of hydrogen-bond acceptors (Lipinski definition) is 3. The minimum atomic E-state index is -0.851. The van der Waals surface area contributed by atoms with Gasteiger partial charge in [0.25, 0.3) is 0 Å². The van der Waals surface area contributed by atoms with Crippen LogP contribution in [0, 0.1) is 0 Å². The van der Waals surface area contributed by atoms with Gasteiger partial charge in [-0.25, -0.2) is 4.79 Å². The number of likely N-dealkylation sites (tertiary alicyclic amines) is 1. The van der Waals surface area contributed by atoms with Gasteiger partial charge in [-0.05, 0) is 39.0 Å². The van der Waals surface area contributed by atoms with E-state index in [0.29, 0.717) is 25.1 Å².